The molecule has 2 heterocycles. The summed E-state index contributed by atoms with van der Waals surface area (Å²) in [4.78, 5) is 11.0. The third-order valence-electron chi connectivity index (χ3n) is 6.09. The molecule has 12 heteroatoms. The largest absolute Gasteiger partial charge is 0.469 e. The molecule has 2 rings (SSSR count). The fourth-order valence-corrected chi connectivity index (χ4v) is 2.09. The lowest BCUT2D eigenvalue weighted by Gasteiger charge is -2.37. The van der Waals surface area contributed by atoms with Crippen LogP contribution in [0, 0.1) is 0 Å². The molecule has 2 aromatic rings. The first-order chi connectivity index (χ1) is 16.0. The van der Waals surface area contributed by atoms with Gasteiger partial charge in [0.25, 0.3) is 0 Å². The number of carbonyl (C=O) groups excluding carboxylic acids is 1. The zero-order valence-corrected chi connectivity index (χ0v) is 22.5. The highest BCUT2D eigenvalue weighted by Gasteiger charge is 2.36. The summed E-state index contributed by atoms with van der Waals surface area (Å²) < 4.78 is 17.5. The van der Waals surface area contributed by atoms with Crippen molar-refractivity contribution in [2.45, 2.75) is 97.2 Å². The van der Waals surface area contributed by atoms with Gasteiger partial charge in [-0.05, 0) is 72.7 Å². The third kappa shape index (κ3) is 10.6. The van der Waals surface area contributed by atoms with Gasteiger partial charge in [0.05, 0.1) is 29.5 Å². The summed E-state index contributed by atoms with van der Waals surface area (Å²) in [5, 5.41) is 30.5. The Labute approximate surface area is 210 Å². The van der Waals surface area contributed by atoms with Crippen LogP contribution in [-0.2, 0) is 25.4 Å². The summed E-state index contributed by atoms with van der Waals surface area (Å²) in [6, 6.07) is 0. The molecular formula is C23H40B2N4O6. The van der Waals surface area contributed by atoms with Crippen LogP contribution in [0.3, 0.4) is 0 Å². The van der Waals surface area contributed by atoms with Gasteiger partial charge in [-0.2, -0.15) is 10.2 Å². The normalized spacial score (nSPS) is 12.5. The molecular weight excluding hydrogens is 450 g/mol. The lowest BCUT2D eigenvalue weighted by Crippen LogP contribution is -2.49. The minimum absolute atomic E-state index is 0.218. The number of hydrogen-bond donors (Lipinski definition) is 3. The van der Waals surface area contributed by atoms with Crippen molar-refractivity contribution in [2.24, 2.45) is 0 Å². The van der Waals surface area contributed by atoms with Gasteiger partial charge in [-0.3, -0.25) is 14.6 Å². The number of aromatic amines is 1. The molecule has 10 nitrogen and oxygen atoms in total. The Morgan fingerprint density at radius 3 is 1.97 bits per heavy atom. The second-order valence-corrected chi connectivity index (χ2v) is 10.4. The summed E-state index contributed by atoms with van der Waals surface area (Å²) in [7, 11) is 4.55. The van der Waals surface area contributed by atoms with Crippen molar-refractivity contribution >= 4 is 31.9 Å². The first-order valence-electron chi connectivity index (χ1n) is 11.5. The number of ether oxygens (including phenoxy) is 1. The van der Waals surface area contributed by atoms with Gasteiger partial charge in [0.15, 0.2) is 0 Å². The quantitative estimate of drug-likeness (QED) is 0.295. The zero-order valence-electron chi connectivity index (χ0n) is 22.5. The molecule has 2 radical (unpaired) electrons. The number of rotatable bonds is 12. The monoisotopic (exact) mass is 490 g/mol. The van der Waals surface area contributed by atoms with E-state index in [0.29, 0.717) is 19.4 Å². The molecule has 0 aliphatic rings. The third-order valence-corrected chi connectivity index (χ3v) is 6.09. The van der Waals surface area contributed by atoms with Gasteiger partial charge in [-0.1, -0.05) is 0 Å². The van der Waals surface area contributed by atoms with E-state index in [1.165, 1.54) is 7.11 Å². The van der Waals surface area contributed by atoms with E-state index in [1.807, 2.05) is 33.9 Å². The minimum Gasteiger partial charge on any atom is -0.469 e. The minimum atomic E-state index is -0.958. The van der Waals surface area contributed by atoms with Crippen molar-refractivity contribution in [2.75, 3.05) is 7.11 Å². The fraction of sp³-hybridized carbons (Fsp3) is 0.696. The SMILES string of the molecule is CC(C)(O)C(C)(C)O[B]c1cn[nH]c1.COC(=O)CCCn1cc([B]OC(C)(C)C(C)(C)O)cn1. The smallest absolute Gasteiger partial charge is 0.334 e. The van der Waals surface area contributed by atoms with Crippen LogP contribution in [0.4, 0.5) is 0 Å². The van der Waals surface area contributed by atoms with E-state index in [-0.39, 0.29) is 5.97 Å². The second-order valence-electron chi connectivity index (χ2n) is 10.4. The number of aromatic nitrogens is 4. The molecule has 2 aromatic heterocycles. The van der Waals surface area contributed by atoms with Gasteiger partial charge in [0.2, 0.25) is 0 Å². The van der Waals surface area contributed by atoms with Crippen molar-refractivity contribution in [3.63, 3.8) is 0 Å². The highest BCUT2D eigenvalue weighted by Crippen LogP contribution is 2.24. The Balaban J connectivity index is 0.000000379. The van der Waals surface area contributed by atoms with Crippen LogP contribution >= 0.6 is 0 Å². The molecule has 0 saturated heterocycles. The number of aliphatic hydroxyl groups is 2. The van der Waals surface area contributed by atoms with E-state index in [1.54, 1.807) is 65.9 Å². The fourth-order valence-electron chi connectivity index (χ4n) is 2.09. The predicted molar refractivity (Wildman–Crippen MR) is 136 cm³/mol. The Morgan fingerprint density at radius 1 is 0.971 bits per heavy atom. The molecule has 0 unspecified atom stereocenters. The Morgan fingerprint density at radius 2 is 1.51 bits per heavy atom. The van der Waals surface area contributed by atoms with Crippen LogP contribution < -0.4 is 10.9 Å². The first-order valence-corrected chi connectivity index (χ1v) is 11.5. The van der Waals surface area contributed by atoms with Crippen molar-refractivity contribution in [3.8, 4) is 0 Å². The maximum absolute atomic E-state index is 11.0. The Hall–Kier alpha value is -2.14. The molecule has 0 aliphatic heterocycles. The van der Waals surface area contributed by atoms with Gasteiger partial charge in [-0.25, -0.2) is 0 Å². The summed E-state index contributed by atoms with van der Waals surface area (Å²) >= 11 is 0. The number of nitrogens with one attached hydrogen (secondary N) is 1. The molecule has 0 bridgehead atoms. The molecule has 0 fully saturated rings. The first kappa shape index (κ1) is 30.9. The van der Waals surface area contributed by atoms with Crippen LogP contribution in [0.15, 0.2) is 24.8 Å². The van der Waals surface area contributed by atoms with Crippen molar-refractivity contribution in [3.05, 3.63) is 24.8 Å². The van der Waals surface area contributed by atoms with Gasteiger partial charge in [-0.15, -0.1) is 0 Å². The van der Waals surface area contributed by atoms with Crippen LogP contribution in [0.2, 0.25) is 0 Å². The molecule has 0 aliphatic carbocycles. The van der Waals surface area contributed by atoms with Crippen molar-refractivity contribution < 1.29 is 29.1 Å². The van der Waals surface area contributed by atoms with Crippen LogP contribution in [-0.4, -0.2) is 80.6 Å². The number of nitrogens with zero attached hydrogens (tertiary/aromatic N) is 3. The predicted octanol–water partition coefficient (Wildman–Crippen LogP) is 0.867. The number of carbonyl (C=O) groups is 1. The van der Waals surface area contributed by atoms with E-state index >= 15 is 0 Å². The summed E-state index contributed by atoms with van der Waals surface area (Å²) in [6.45, 7) is 14.8. The number of aryl methyl sites for hydroxylation is 1. The van der Waals surface area contributed by atoms with Gasteiger partial charge in [0.1, 0.15) is 0 Å². The zero-order chi connectivity index (χ0) is 26.9. The maximum Gasteiger partial charge on any atom is 0.334 e. The molecule has 0 amide bonds. The summed E-state index contributed by atoms with van der Waals surface area (Å²) in [5.41, 5.74) is -1.54. The molecule has 0 atom stereocenters. The molecule has 194 valence electrons. The van der Waals surface area contributed by atoms with Gasteiger partial charge in [0, 0.05) is 37.8 Å². The number of H-pyrrole nitrogens is 1. The van der Waals surface area contributed by atoms with Crippen molar-refractivity contribution in [1.29, 1.82) is 0 Å². The highest BCUT2D eigenvalue weighted by molar-refractivity contribution is 6.47. The molecule has 0 aromatic carbocycles. The topological polar surface area (TPSA) is 132 Å². The van der Waals surface area contributed by atoms with E-state index in [2.05, 4.69) is 20.0 Å². The summed E-state index contributed by atoms with van der Waals surface area (Å²) in [6.07, 6.45) is 7.93. The van der Waals surface area contributed by atoms with E-state index in [0.717, 1.165) is 10.9 Å². The van der Waals surface area contributed by atoms with Gasteiger partial charge >= 0.3 is 20.9 Å². The highest BCUT2D eigenvalue weighted by atomic mass is 16.5. The molecule has 35 heavy (non-hydrogen) atoms. The number of methoxy groups -OCH3 is 1. The van der Waals surface area contributed by atoms with E-state index < -0.39 is 22.4 Å². The Bertz CT molecular complexity index is 887. The number of hydrogen-bond acceptors (Lipinski definition) is 8. The van der Waals surface area contributed by atoms with Crippen molar-refractivity contribution in [1.82, 2.24) is 20.0 Å². The van der Waals surface area contributed by atoms with E-state index in [9.17, 15) is 15.0 Å². The Kier molecular flexibility index (Phi) is 11.2. The van der Waals surface area contributed by atoms with Crippen LogP contribution in [0.25, 0.3) is 0 Å². The van der Waals surface area contributed by atoms with Crippen LogP contribution in [0.1, 0.15) is 68.2 Å². The van der Waals surface area contributed by atoms with Crippen LogP contribution in [0.5, 0.6) is 0 Å². The van der Waals surface area contributed by atoms with E-state index in [4.69, 9.17) is 9.31 Å². The molecule has 0 saturated carbocycles. The molecule has 3 N–H and O–H groups in total. The van der Waals surface area contributed by atoms with Gasteiger partial charge < -0.3 is 24.3 Å². The molecule has 0 spiro atoms. The maximum atomic E-state index is 11.0. The average molecular weight is 490 g/mol. The second kappa shape index (κ2) is 12.7. The lowest BCUT2D eigenvalue weighted by atomic mass is 9.84. The summed E-state index contributed by atoms with van der Waals surface area (Å²) in [5.74, 6) is -0.218. The number of esters is 1. The average Bonchev–Trinajstić information content (AvgIpc) is 3.41. The standard InChI is InChI=1S/C14H24BN2O4.C9H16BN2O2/c1-13(2,19)14(3,4)21-15-11-9-16-17(10-11)8-6-7-12(18)20-5;1-8(2,13)9(3,4)14-10-7-5-11-12-6-7/h9-10,19H,6-8H2,1-5H3;5-6,13H,1-4H3,(H,11,12). The lowest BCUT2D eigenvalue weighted by molar-refractivity contribution is -0.140.